The van der Waals surface area contributed by atoms with Crippen molar-refractivity contribution in [3.8, 4) is 0 Å². The molecule has 10 heteroatoms. The lowest BCUT2D eigenvalue weighted by Gasteiger charge is -2.27. The zero-order chi connectivity index (χ0) is 25.1. The Morgan fingerprint density at radius 2 is 1.75 bits per heavy atom. The number of anilines is 5. The zero-order valence-corrected chi connectivity index (χ0v) is 20.5. The largest absolute Gasteiger partial charge is 0.378 e. The standard InChI is InChI=1S/C26H31N9O/c1-34(2)21-9-7-18(8-10-21)30-22-15-24(31-19-5-3-17(27)4-6-19)33-35-23(16-29-25(22)35)26(36)32-20-11-13-28-14-12-20/h7-17,19,30H,3-6,27H2,1-2H3,(H,31,33)(H,28,32,36). The lowest BCUT2D eigenvalue weighted by Crippen LogP contribution is -2.33. The first-order valence-corrected chi connectivity index (χ1v) is 12.1. The van der Waals surface area contributed by atoms with Crippen molar-refractivity contribution in [2.45, 2.75) is 37.8 Å². The second-order valence-electron chi connectivity index (χ2n) is 9.33. The van der Waals surface area contributed by atoms with Crippen molar-refractivity contribution in [3.05, 3.63) is 66.7 Å². The number of nitrogens with zero attached hydrogens (tertiary/aromatic N) is 5. The Labute approximate surface area is 209 Å². The van der Waals surface area contributed by atoms with Gasteiger partial charge in [-0.05, 0) is 62.1 Å². The fourth-order valence-corrected chi connectivity index (χ4v) is 4.39. The summed E-state index contributed by atoms with van der Waals surface area (Å²) in [7, 11) is 4.02. The minimum absolute atomic E-state index is 0.262. The number of benzene rings is 1. The number of aromatic nitrogens is 4. The highest BCUT2D eigenvalue weighted by Gasteiger charge is 2.21. The maximum atomic E-state index is 13.1. The van der Waals surface area contributed by atoms with Gasteiger partial charge in [-0.3, -0.25) is 9.78 Å². The van der Waals surface area contributed by atoms with E-state index in [4.69, 9.17) is 10.8 Å². The molecular formula is C26H31N9O. The van der Waals surface area contributed by atoms with Crippen molar-refractivity contribution in [2.75, 3.05) is 34.9 Å². The summed E-state index contributed by atoms with van der Waals surface area (Å²) in [6.07, 6.45) is 8.72. The van der Waals surface area contributed by atoms with Crippen LogP contribution < -0.4 is 26.6 Å². The van der Waals surface area contributed by atoms with E-state index in [2.05, 4.69) is 30.8 Å². The van der Waals surface area contributed by atoms with E-state index in [1.807, 2.05) is 44.4 Å². The first-order chi connectivity index (χ1) is 17.5. The van der Waals surface area contributed by atoms with Crippen molar-refractivity contribution < 1.29 is 4.79 Å². The number of hydrogen-bond donors (Lipinski definition) is 4. The molecule has 0 saturated heterocycles. The molecular weight excluding hydrogens is 454 g/mol. The van der Waals surface area contributed by atoms with Crippen molar-refractivity contribution in [1.29, 1.82) is 0 Å². The maximum absolute atomic E-state index is 13.1. The third-order valence-electron chi connectivity index (χ3n) is 6.43. The van der Waals surface area contributed by atoms with Crippen molar-refractivity contribution in [2.24, 2.45) is 5.73 Å². The van der Waals surface area contributed by atoms with E-state index in [-0.39, 0.29) is 18.0 Å². The summed E-state index contributed by atoms with van der Waals surface area (Å²) in [4.78, 5) is 23.7. The number of carbonyl (C=O) groups excluding carboxylic acids is 1. The van der Waals surface area contributed by atoms with Gasteiger partial charge in [-0.2, -0.15) is 0 Å². The number of rotatable bonds is 7. The predicted octanol–water partition coefficient (Wildman–Crippen LogP) is 3.87. The Kier molecular flexibility index (Phi) is 6.68. The molecule has 4 aromatic rings. The van der Waals surface area contributed by atoms with Gasteiger partial charge in [-0.15, -0.1) is 5.10 Å². The third-order valence-corrected chi connectivity index (χ3v) is 6.43. The van der Waals surface area contributed by atoms with Crippen LogP contribution in [0.1, 0.15) is 36.2 Å². The van der Waals surface area contributed by atoms with Crippen LogP contribution in [0, 0.1) is 0 Å². The molecule has 1 aromatic carbocycles. The van der Waals surface area contributed by atoms with Gasteiger partial charge in [0.25, 0.3) is 5.91 Å². The fourth-order valence-electron chi connectivity index (χ4n) is 4.39. The average Bonchev–Trinajstić information content (AvgIpc) is 3.31. The van der Waals surface area contributed by atoms with Crippen LogP contribution in [0.15, 0.2) is 61.1 Å². The molecule has 0 bridgehead atoms. The molecule has 5 rings (SSSR count). The van der Waals surface area contributed by atoms with Crippen LogP contribution >= 0.6 is 0 Å². The van der Waals surface area contributed by atoms with E-state index < -0.39 is 0 Å². The molecule has 10 nitrogen and oxygen atoms in total. The molecule has 1 fully saturated rings. The Hall–Kier alpha value is -4.18. The summed E-state index contributed by atoms with van der Waals surface area (Å²) in [6.45, 7) is 0. The van der Waals surface area contributed by atoms with Crippen LogP contribution in [0.5, 0.6) is 0 Å². The SMILES string of the molecule is CN(C)c1ccc(Nc2cc(NC3CCC(N)CC3)nn3c(C(=O)Nc4ccncc4)cnc23)cc1. The molecule has 1 aliphatic carbocycles. The molecule has 0 radical (unpaired) electrons. The summed E-state index contributed by atoms with van der Waals surface area (Å²) in [5.74, 6) is 0.370. The van der Waals surface area contributed by atoms with Crippen LogP contribution in [0.4, 0.5) is 28.6 Å². The van der Waals surface area contributed by atoms with Gasteiger partial charge < -0.3 is 26.6 Å². The summed E-state index contributed by atoms with van der Waals surface area (Å²) in [5, 5.41) is 14.6. The molecule has 36 heavy (non-hydrogen) atoms. The zero-order valence-electron chi connectivity index (χ0n) is 20.5. The monoisotopic (exact) mass is 485 g/mol. The van der Waals surface area contributed by atoms with Crippen molar-refractivity contribution in [3.63, 3.8) is 0 Å². The number of pyridine rings is 1. The Balaban J connectivity index is 1.48. The number of hydrogen-bond acceptors (Lipinski definition) is 8. The highest BCUT2D eigenvalue weighted by molar-refractivity contribution is 6.03. The van der Waals surface area contributed by atoms with Crippen LogP contribution in [0.3, 0.4) is 0 Å². The topological polar surface area (TPSA) is 126 Å². The second kappa shape index (κ2) is 10.2. The fraction of sp³-hybridized carbons (Fsp3) is 0.308. The molecule has 186 valence electrons. The summed E-state index contributed by atoms with van der Waals surface area (Å²) in [6, 6.07) is 14.1. The summed E-state index contributed by atoms with van der Waals surface area (Å²) >= 11 is 0. The molecule has 0 aliphatic heterocycles. The molecule has 1 amide bonds. The molecule has 0 unspecified atom stereocenters. The van der Waals surface area contributed by atoms with Crippen LogP contribution in [-0.2, 0) is 0 Å². The van der Waals surface area contributed by atoms with Gasteiger partial charge in [0.2, 0.25) is 0 Å². The smallest absolute Gasteiger partial charge is 0.276 e. The van der Waals surface area contributed by atoms with E-state index in [1.165, 1.54) is 0 Å². The van der Waals surface area contributed by atoms with Crippen LogP contribution in [0.25, 0.3) is 5.65 Å². The van der Waals surface area contributed by atoms with Gasteiger partial charge in [0.05, 0.1) is 11.9 Å². The lowest BCUT2D eigenvalue weighted by molar-refractivity contribution is 0.102. The van der Waals surface area contributed by atoms with E-state index in [1.54, 1.807) is 35.2 Å². The van der Waals surface area contributed by atoms with Gasteiger partial charge in [-0.1, -0.05) is 0 Å². The number of nitrogens with two attached hydrogens (primary N) is 1. The number of fused-ring (bicyclic) bond motifs is 1. The Morgan fingerprint density at radius 1 is 1.03 bits per heavy atom. The van der Waals surface area contributed by atoms with Crippen LogP contribution in [-0.4, -0.2) is 51.7 Å². The van der Waals surface area contributed by atoms with E-state index in [9.17, 15) is 4.79 Å². The molecule has 3 aromatic heterocycles. The maximum Gasteiger partial charge on any atom is 0.276 e. The van der Waals surface area contributed by atoms with E-state index >= 15 is 0 Å². The second-order valence-corrected chi connectivity index (χ2v) is 9.33. The number of amides is 1. The third kappa shape index (κ3) is 5.23. The highest BCUT2D eigenvalue weighted by atomic mass is 16.2. The van der Waals surface area contributed by atoms with Crippen LogP contribution in [0.2, 0.25) is 0 Å². The first-order valence-electron chi connectivity index (χ1n) is 12.1. The Morgan fingerprint density at radius 3 is 2.44 bits per heavy atom. The number of nitrogens with one attached hydrogen (secondary N) is 3. The number of carbonyl (C=O) groups is 1. The molecule has 1 saturated carbocycles. The van der Waals surface area contributed by atoms with Gasteiger partial charge in [0.1, 0.15) is 5.82 Å². The molecule has 3 heterocycles. The molecule has 1 aliphatic rings. The van der Waals surface area contributed by atoms with E-state index in [0.29, 0.717) is 22.8 Å². The number of imidazole rings is 1. The van der Waals surface area contributed by atoms with E-state index in [0.717, 1.165) is 42.7 Å². The first kappa shape index (κ1) is 23.6. The summed E-state index contributed by atoms with van der Waals surface area (Å²) in [5.41, 5.74) is 10.4. The summed E-state index contributed by atoms with van der Waals surface area (Å²) < 4.78 is 1.59. The minimum atomic E-state index is -0.303. The van der Waals surface area contributed by atoms with Crippen molar-refractivity contribution >= 4 is 40.1 Å². The van der Waals surface area contributed by atoms with Crippen molar-refractivity contribution in [1.82, 2.24) is 19.6 Å². The molecule has 0 spiro atoms. The average molecular weight is 486 g/mol. The Bertz CT molecular complexity index is 1330. The van der Waals surface area contributed by atoms with Gasteiger partial charge in [0, 0.05) is 61.7 Å². The highest BCUT2D eigenvalue weighted by Crippen LogP contribution is 2.28. The lowest BCUT2D eigenvalue weighted by atomic mass is 9.92. The molecule has 0 atom stereocenters. The predicted molar refractivity (Wildman–Crippen MR) is 143 cm³/mol. The van der Waals surface area contributed by atoms with Gasteiger partial charge in [0.15, 0.2) is 11.3 Å². The molecule has 5 N–H and O–H groups in total. The normalized spacial score (nSPS) is 17.5. The quantitative estimate of drug-likeness (QED) is 0.311. The minimum Gasteiger partial charge on any atom is -0.378 e. The van der Waals surface area contributed by atoms with Gasteiger partial charge >= 0.3 is 0 Å². The van der Waals surface area contributed by atoms with Gasteiger partial charge in [-0.25, -0.2) is 9.50 Å².